The van der Waals surface area contributed by atoms with Crippen molar-refractivity contribution >= 4 is 5.97 Å². The standard InChI is InChI=1S/C22H34O3/c1-24-21(23)11-8-18-6-9-20(10-7-18)25-17-19-12-15-22(16-19)13-4-2-3-5-14-22/h6-7,9,19-20H,2-5,8,10-17H2,1H3. The van der Waals surface area contributed by atoms with Crippen LogP contribution >= 0.6 is 0 Å². The van der Waals surface area contributed by atoms with Crippen LogP contribution in [0.25, 0.3) is 0 Å². The molecule has 0 heterocycles. The lowest BCUT2D eigenvalue weighted by atomic mass is 9.78. The maximum Gasteiger partial charge on any atom is 0.305 e. The second kappa shape index (κ2) is 9.02. The minimum atomic E-state index is -0.138. The molecule has 0 N–H and O–H groups in total. The Morgan fingerprint density at radius 1 is 1.20 bits per heavy atom. The van der Waals surface area contributed by atoms with Crippen LogP contribution in [-0.4, -0.2) is 25.8 Å². The van der Waals surface area contributed by atoms with Gasteiger partial charge in [0, 0.05) is 6.42 Å². The van der Waals surface area contributed by atoms with Crippen LogP contribution in [0.4, 0.5) is 0 Å². The van der Waals surface area contributed by atoms with Crippen molar-refractivity contribution in [3.8, 4) is 0 Å². The average molecular weight is 347 g/mol. The van der Waals surface area contributed by atoms with Gasteiger partial charge in [-0.2, -0.15) is 0 Å². The zero-order chi connectivity index (χ0) is 17.5. The second-order valence-corrected chi connectivity index (χ2v) is 8.34. The molecule has 0 radical (unpaired) electrons. The van der Waals surface area contributed by atoms with E-state index in [1.165, 1.54) is 70.5 Å². The van der Waals surface area contributed by atoms with E-state index in [1.807, 2.05) is 0 Å². The van der Waals surface area contributed by atoms with Crippen LogP contribution in [-0.2, 0) is 14.3 Å². The van der Waals surface area contributed by atoms with Crippen LogP contribution in [0.1, 0.15) is 77.0 Å². The van der Waals surface area contributed by atoms with E-state index in [9.17, 15) is 4.79 Å². The monoisotopic (exact) mass is 346 g/mol. The molecule has 0 bridgehead atoms. The van der Waals surface area contributed by atoms with Crippen LogP contribution in [0.15, 0.2) is 23.8 Å². The first-order valence-corrected chi connectivity index (χ1v) is 10.2. The molecule has 0 aromatic carbocycles. The maximum absolute atomic E-state index is 11.2. The van der Waals surface area contributed by atoms with Gasteiger partial charge in [-0.25, -0.2) is 0 Å². The molecular weight excluding hydrogens is 312 g/mol. The van der Waals surface area contributed by atoms with E-state index in [1.54, 1.807) is 0 Å². The Balaban J connectivity index is 1.37. The highest BCUT2D eigenvalue weighted by Crippen LogP contribution is 2.50. The summed E-state index contributed by atoms with van der Waals surface area (Å²) < 4.78 is 10.9. The molecular formula is C22H34O3. The third-order valence-corrected chi connectivity index (χ3v) is 6.50. The SMILES string of the molecule is COC(=O)CCC1=CCC(OCC2CCC3(CCCCCC3)C2)C=C1. The smallest absolute Gasteiger partial charge is 0.305 e. The summed E-state index contributed by atoms with van der Waals surface area (Å²) in [5.74, 6) is 0.623. The average Bonchev–Trinajstić information content (AvgIpc) is 2.90. The van der Waals surface area contributed by atoms with Gasteiger partial charge in [0.2, 0.25) is 0 Å². The van der Waals surface area contributed by atoms with Gasteiger partial charge in [-0.15, -0.1) is 0 Å². The van der Waals surface area contributed by atoms with Gasteiger partial charge in [-0.3, -0.25) is 4.79 Å². The lowest BCUT2D eigenvalue weighted by Crippen LogP contribution is -2.19. The minimum Gasteiger partial charge on any atom is -0.469 e. The Labute approximate surface area is 152 Å². The fourth-order valence-corrected chi connectivity index (χ4v) is 4.96. The van der Waals surface area contributed by atoms with Crippen LogP contribution in [0.3, 0.4) is 0 Å². The lowest BCUT2D eigenvalue weighted by molar-refractivity contribution is -0.140. The predicted octanol–water partition coefficient (Wildman–Crippen LogP) is 5.35. The summed E-state index contributed by atoms with van der Waals surface area (Å²) in [6.45, 7) is 0.919. The largest absolute Gasteiger partial charge is 0.469 e. The molecule has 3 aliphatic carbocycles. The molecule has 0 aromatic rings. The van der Waals surface area contributed by atoms with Crippen molar-refractivity contribution in [3.05, 3.63) is 23.8 Å². The fraction of sp³-hybridized carbons (Fsp3) is 0.773. The van der Waals surface area contributed by atoms with Crippen molar-refractivity contribution < 1.29 is 14.3 Å². The Morgan fingerprint density at radius 2 is 2.00 bits per heavy atom. The zero-order valence-corrected chi connectivity index (χ0v) is 15.8. The summed E-state index contributed by atoms with van der Waals surface area (Å²) >= 11 is 0. The molecule has 1 spiro atoms. The Bertz CT molecular complexity index is 497. The number of esters is 1. The van der Waals surface area contributed by atoms with E-state index in [0.717, 1.165) is 25.4 Å². The highest BCUT2D eigenvalue weighted by molar-refractivity contribution is 5.69. The van der Waals surface area contributed by atoms with Crippen LogP contribution in [0, 0.1) is 11.3 Å². The molecule has 2 saturated carbocycles. The topological polar surface area (TPSA) is 35.5 Å². The van der Waals surface area contributed by atoms with Crippen molar-refractivity contribution in [3.63, 3.8) is 0 Å². The summed E-state index contributed by atoms with van der Waals surface area (Å²) in [5, 5.41) is 0. The first-order valence-electron chi connectivity index (χ1n) is 10.2. The van der Waals surface area contributed by atoms with Crippen molar-refractivity contribution in [2.24, 2.45) is 11.3 Å². The van der Waals surface area contributed by atoms with Gasteiger partial charge in [0.05, 0.1) is 19.8 Å². The van der Waals surface area contributed by atoms with Crippen molar-refractivity contribution in [1.82, 2.24) is 0 Å². The van der Waals surface area contributed by atoms with E-state index in [-0.39, 0.29) is 12.1 Å². The molecule has 3 nitrogen and oxygen atoms in total. The summed E-state index contributed by atoms with van der Waals surface area (Å²) in [5.41, 5.74) is 1.89. The first-order chi connectivity index (χ1) is 12.2. The molecule has 3 rings (SSSR count). The van der Waals surface area contributed by atoms with Crippen molar-refractivity contribution in [1.29, 1.82) is 0 Å². The Hall–Kier alpha value is -1.09. The molecule has 0 aliphatic heterocycles. The number of allylic oxidation sites excluding steroid dienone is 2. The number of hydrogen-bond donors (Lipinski definition) is 0. The minimum absolute atomic E-state index is 0.138. The third kappa shape index (κ3) is 5.44. The maximum atomic E-state index is 11.2. The fourth-order valence-electron chi connectivity index (χ4n) is 4.96. The Kier molecular flexibility index (Phi) is 6.75. The van der Waals surface area contributed by atoms with E-state index in [2.05, 4.69) is 18.2 Å². The van der Waals surface area contributed by atoms with Gasteiger partial charge in [-0.1, -0.05) is 49.5 Å². The number of hydrogen-bond acceptors (Lipinski definition) is 3. The van der Waals surface area contributed by atoms with Gasteiger partial charge >= 0.3 is 5.97 Å². The number of carbonyl (C=O) groups is 1. The predicted molar refractivity (Wildman–Crippen MR) is 100 cm³/mol. The van der Waals surface area contributed by atoms with E-state index < -0.39 is 0 Å². The highest BCUT2D eigenvalue weighted by atomic mass is 16.5. The van der Waals surface area contributed by atoms with Gasteiger partial charge in [-0.05, 0) is 56.3 Å². The molecule has 0 saturated heterocycles. The lowest BCUT2D eigenvalue weighted by Gasteiger charge is -2.28. The molecule has 2 fully saturated rings. The normalized spacial score (nSPS) is 28.6. The van der Waals surface area contributed by atoms with Gasteiger partial charge < -0.3 is 9.47 Å². The van der Waals surface area contributed by atoms with Crippen LogP contribution in [0.2, 0.25) is 0 Å². The van der Waals surface area contributed by atoms with Crippen LogP contribution < -0.4 is 0 Å². The van der Waals surface area contributed by atoms with Gasteiger partial charge in [0.25, 0.3) is 0 Å². The van der Waals surface area contributed by atoms with Gasteiger partial charge in [0.1, 0.15) is 0 Å². The molecule has 2 atom stereocenters. The molecule has 3 aliphatic rings. The van der Waals surface area contributed by atoms with Crippen molar-refractivity contribution in [2.75, 3.05) is 13.7 Å². The third-order valence-electron chi connectivity index (χ3n) is 6.50. The van der Waals surface area contributed by atoms with E-state index in [4.69, 9.17) is 9.47 Å². The second-order valence-electron chi connectivity index (χ2n) is 8.34. The Morgan fingerprint density at radius 3 is 2.68 bits per heavy atom. The quantitative estimate of drug-likeness (QED) is 0.608. The van der Waals surface area contributed by atoms with Crippen LogP contribution in [0.5, 0.6) is 0 Å². The van der Waals surface area contributed by atoms with Crippen molar-refractivity contribution in [2.45, 2.75) is 83.2 Å². The molecule has 0 aromatic heterocycles. The first kappa shape index (κ1) is 18.7. The number of carbonyl (C=O) groups excluding carboxylic acids is 1. The zero-order valence-electron chi connectivity index (χ0n) is 15.8. The number of ether oxygens (including phenoxy) is 2. The number of rotatable bonds is 6. The van der Waals surface area contributed by atoms with E-state index in [0.29, 0.717) is 11.8 Å². The summed E-state index contributed by atoms with van der Waals surface area (Å²) in [7, 11) is 1.44. The summed E-state index contributed by atoms with van der Waals surface area (Å²) in [6.07, 6.45) is 21.8. The molecule has 0 amide bonds. The van der Waals surface area contributed by atoms with Gasteiger partial charge in [0.15, 0.2) is 0 Å². The molecule has 2 unspecified atom stereocenters. The number of methoxy groups -OCH3 is 1. The summed E-state index contributed by atoms with van der Waals surface area (Å²) in [4.78, 5) is 11.2. The molecule has 3 heteroatoms. The highest BCUT2D eigenvalue weighted by Gasteiger charge is 2.39. The molecule has 140 valence electrons. The molecule has 25 heavy (non-hydrogen) atoms. The van der Waals surface area contributed by atoms with E-state index >= 15 is 0 Å². The summed E-state index contributed by atoms with van der Waals surface area (Å²) in [6, 6.07) is 0.